The second-order valence-electron chi connectivity index (χ2n) is 2.60. The molecule has 0 unspecified atom stereocenters. The number of nitrogens with zero attached hydrogens (tertiary/aromatic N) is 3. The van der Waals surface area contributed by atoms with Crippen molar-refractivity contribution in [1.29, 1.82) is 5.26 Å². The third-order valence-corrected chi connectivity index (χ3v) is 1.81. The second-order valence-corrected chi connectivity index (χ2v) is 2.60. The fraction of sp³-hybridized carbons (Fsp3) is 0.500. The lowest BCUT2D eigenvalue weighted by atomic mass is 10.2. The van der Waals surface area contributed by atoms with Crippen LogP contribution in [0.25, 0.3) is 0 Å². The zero-order chi connectivity index (χ0) is 9.14. The van der Waals surface area contributed by atoms with E-state index >= 15 is 0 Å². The molecule has 4 heteroatoms. The Hall–Kier alpha value is -1.34. The van der Waals surface area contributed by atoms with E-state index < -0.39 is 0 Å². The zero-order valence-electron chi connectivity index (χ0n) is 7.20. The topological polar surface area (TPSA) is 61.8 Å². The molecule has 1 rings (SSSR count). The summed E-state index contributed by atoms with van der Waals surface area (Å²) >= 11 is 0. The Morgan fingerprint density at radius 3 is 2.67 bits per heavy atom. The molecule has 12 heavy (non-hydrogen) atoms. The number of aliphatic hydroxyl groups is 1. The molecule has 0 bridgehead atoms. The number of aliphatic hydroxyl groups excluding tert-OH is 1. The Kier molecular flexibility index (Phi) is 2.46. The van der Waals surface area contributed by atoms with Gasteiger partial charge in [0.15, 0.2) is 0 Å². The van der Waals surface area contributed by atoms with E-state index in [-0.39, 0.29) is 6.61 Å². The minimum Gasteiger partial charge on any atom is -0.394 e. The van der Waals surface area contributed by atoms with E-state index in [9.17, 15) is 0 Å². The molecule has 1 N–H and O–H groups in total. The van der Waals surface area contributed by atoms with Crippen molar-refractivity contribution in [2.45, 2.75) is 20.4 Å². The summed E-state index contributed by atoms with van der Waals surface area (Å²) in [4.78, 5) is 0. The Labute approximate surface area is 71.1 Å². The van der Waals surface area contributed by atoms with Crippen LogP contribution in [0.4, 0.5) is 0 Å². The van der Waals surface area contributed by atoms with Crippen molar-refractivity contribution in [2.75, 3.05) is 6.61 Å². The predicted octanol–water partition coefficient (Wildman–Crippen LogP) is 0.364. The molecule has 0 saturated carbocycles. The van der Waals surface area contributed by atoms with Gasteiger partial charge >= 0.3 is 0 Å². The van der Waals surface area contributed by atoms with E-state index in [1.807, 2.05) is 6.92 Å². The van der Waals surface area contributed by atoms with E-state index in [1.54, 1.807) is 11.6 Å². The fourth-order valence-electron chi connectivity index (χ4n) is 1.17. The highest BCUT2D eigenvalue weighted by Gasteiger charge is 2.09. The van der Waals surface area contributed by atoms with Gasteiger partial charge < -0.3 is 5.11 Å². The van der Waals surface area contributed by atoms with Crippen molar-refractivity contribution in [3.63, 3.8) is 0 Å². The average Bonchev–Trinajstić information content (AvgIpc) is 2.29. The van der Waals surface area contributed by atoms with Gasteiger partial charge in [0.2, 0.25) is 0 Å². The van der Waals surface area contributed by atoms with Crippen LogP contribution in [-0.2, 0) is 6.54 Å². The standard InChI is InChI=1S/C8H11N3O/c1-6-8(5-9)7(2)11(10-6)3-4-12/h12H,3-4H2,1-2H3. The molecule has 0 aromatic carbocycles. The van der Waals surface area contributed by atoms with Gasteiger partial charge in [0.1, 0.15) is 6.07 Å². The van der Waals surface area contributed by atoms with Gasteiger partial charge in [0.05, 0.1) is 30.1 Å². The van der Waals surface area contributed by atoms with Crippen molar-refractivity contribution >= 4 is 0 Å². The third kappa shape index (κ3) is 1.31. The van der Waals surface area contributed by atoms with Gasteiger partial charge in [-0.05, 0) is 13.8 Å². The van der Waals surface area contributed by atoms with E-state index in [2.05, 4.69) is 11.2 Å². The van der Waals surface area contributed by atoms with Crippen LogP contribution in [-0.4, -0.2) is 21.5 Å². The molecule has 0 aliphatic heterocycles. The third-order valence-electron chi connectivity index (χ3n) is 1.81. The van der Waals surface area contributed by atoms with Crippen LogP contribution in [0, 0.1) is 25.2 Å². The van der Waals surface area contributed by atoms with Gasteiger partial charge in [-0.3, -0.25) is 4.68 Å². The Morgan fingerprint density at radius 1 is 1.58 bits per heavy atom. The SMILES string of the molecule is Cc1nn(CCO)c(C)c1C#N. The van der Waals surface area contributed by atoms with E-state index in [0.717, 1.165) is 11.4 Å². The normalized spacial score (nSPS) is 9.83. The molecule has 0 spiro atoms. The molecule has 0 amide bonds. The van der Waals surface area contributed by atoms with Crippen molar-refractivity contribution in [1.82, 2.24) is 9.78 Å². The highest BCUT2D eigenvalue weighted by atomic mass is 16.3. The molecular formula is C8H11N3O. The summed E-state index contributed by atoms with van der Waals surface area (Å²) in [5, 5.41) is 21.5. The van der Waals surface area contributed by atoms with Gasteiger partial charge in [-0.1, -0.05) is 0 Å². The molecule has 0 aliphatic rings. The molecule has 0 atom stereocenters. The number of aryl methyl sites for hydroxylation is 1. The maximum atomic E-state index is 8.71. The monoisotopic (exact) mass is 165 g/mol. The number of hydrogen-bond donors (Lipinski definition) is 1. The van der Waals surface area contributed by atoms with Gasteiger partial charge in [-0.15, -0.1) is 0 Å². The van der Waals surface area contributed by atoms with E-state index in [4.69, 9.17) is 10.4 Å². The number of hydrogen-bond acceptors (Lipinski definition) is 3. The quantitative estimate of drug-likeness (QED) is 0.688. The lowest BCUT2D eigenvalue weighted by Gasteiger charge is -1.99. The molecule has 0 radical (unpaired) electrons. The van der Waals surface area contributed by atoms with Crippen LogP contribution in [0.2, 0.25) is 0 Å². The van der Waals surface area contributed by atoms with E-state index in [1.165, 1.54) is 0 Å². The summed E-state index contributed by atoms with van der Waals surface area (Å²) in [6, 6.07) is 2.08. The molecule has 0 aliphatic carbocycles. The second kappa shape index (κ2) is 3.37. The fourth-order valence-corrected chi connectivity index (χ4v) is 1.17. The molecule has 0 saturated heterocycles. The molecule has 1 aromatic rings. The van der Waals surface area contributed by atoms with Crippen LogP contribution in [0.1, 0.15) is 17.0 Å². The Morgan fingerprint density at radius 2 is 2.25 bits per heavy atom. The van der Waals surface area contributed by atoms with Crippen molar-refractivity contribution in [3.05, 3.63) is 17.0 Å². The molecule has 0 fully saturated rings. The minimum absolute atomic E-state index is 0.0484. The molecular weight excluding hydrogens is 154 g/mol. The zero-order valence-corrected chi connectivity index (χ0v) is 7.20. The van der Waals surface area contributed by atoms with Gasteiger partial charge in [-0.25, -0.2) is 0 Å². The molecule has 64 valence electrons. The maximum absolute atomic E-state index is 8.71. The van der Waals surface area contributed by atoms with Crippen LogP contribution >= 0.6 is 0 Å². The molecule has 4 nitrogen and oxygen atoms in total. The first-order valence-corrected chi connectivity index (χ1v) is 3.75. The lowest BCUT2D eigenvalue weighted by Crippen LogP contribution is -2.05. The summed E-state index contributed by atoms with van der Waals surface area (Å²) in [5.41, 5.74) is 2.16. The highest BCUT2D eigenvalue weighted by molar-refractivity contribution is 5.36. The summed E-state index contributed by atoms with van der Waals surface area (Å²) in [6.45, 7) is 4.12. The number of rotatable bonds is 2. The first kappa shape index (κ1) is 8.75. The maximum Gasteiger partial charge on any atom is 0.103 e. The molecule has 1 aromatic heterocycles. The minimum atomic E-state index is 0.0484. The average molecular weight is 165 g/mol. The molecule has 1 heterocycles. The summed E-state index contributed by atoms with van der Waals surface area (Å²) in [7, 11) is 0. The van der Waals surface area contributed by atoms with Crippen LogP contribution in [0.15, 0.2) is 0 Å². The van der Waals surface area contributed by atoms with Crippen LogP contribution in [0.3, 0.4) is 0 Å². The summed E-state index contributed by atoms with van der Waals surface area (Å²) in [6.07, 6.45) is 0. The first-order chi connectivity index (χ1) is 5.70. The lowest BCUT2D eigenvalue weighted by molar-refractivity contribution is 0.268. The van der Waals surface area contributed by atoms with Crippen molar-refractivity contribution in [2.24, 2.45) is 0 Å². The first-order valence-electron chi connectivity index (χ1n) is 3.75. The highest BCUT2D eigenvalue weighted by Crippen LogP contribution is 2.10. The van der Waals surface area contributed by atoms with Crippen molar-refractivity contribution < 1.29 is 5.11 Å². The van der Waals surface area contributed by atoms with Gasteiger partial charge in [0, 0.05) is 0 Å². The van der Waals surface area contributed by atoms with E-state index in [0.29, 0.717) is 12.1 Å². The predicted molar refractivity (Wildman–Crippen MR) is 43.5 cm³/mol. The van der Waals surface area contributed by atoms with Crippen LogP contribution < -0.4 is 0 Å². The van der Waals surface area contributed by atoms with Gasteiger partial charge in [-0.2, -0.15) is 10.4 Å². The Bertz CT molecular complexity index is 322. The number of aromatic nitrogens is 2. The summed E-state index contributed by atoms with van der Waals surface area (Å²) in [5.74, 6) is 0. The largest absolute Gasteiger partial charge is 0.394 e. The number of nitriles is 1. The summed E-state index contributed by atoms with van der Waals surface area (Å²) < 4.78 is 1.65. The van der Waals surface area contributed by atoms with Crippen molar-refractivity contribution in [3.8, 4) is 6.07 Å². The van der Waals surface area contributed by atoms with Crippen LogP contribution in [0.5, 0.6) is 0 Å². The smallest absolute Gasteiger partial charge is 0.103 e. The Balaban J connectivity index is 3.10. The van der Waals surface area contributed by atoms with Gasteiger partial charge in [0.25, 0.3) is 0 Å².